The second kappa shape index (κ2) is 8.71. The third-order valence-corrected chi connectivity index (χ3v) is 6.92. The Morgan fingerprint density at radius 1 is 0.667 bits per heavy atom. The van der Waals surface area contributed by atoms with Crippen LogP contribution in [0.15, 0.2) is 64.4 Å². The number of carboxylic acid groups (broad SMARTS) is 1. The zero-order chi connectivity index (χ0) is 24.6. The van der Waals surface area contributed by atoms with Gasteiger partial charge in [0.05, 0.1) is 16.9 Å². The molecule has 0 aliphatic heterocycles. The summed E-state index contributed by atoms with van der Waals surface area (Å²) in [6.07, 6.45) is 0. The molecule has 3 aromatic rings. The predicted octanol–water partition coefficient (Wildman–Crippen LogP) is 3.54. The van der Waals surface area contributed by atoms with Gasteiger partial charge in [0.1, 0.15) is 33.1 Å². The summed E-state index contributed by atoms with van der Waals surface area (Å²) < 4.78 is 108. The van der Waals surface area contributed by atoms with Crippen molar-refractivity contribution in [2.24, 2.45) is 0 Å². The van der Waals surface area contributed by atoms with Crippen LogP contribution in [0.25, 0.3) is 0 Å². The highest BCUT2D eigenvalue weighted by atomic mass is 32.2. The summed E-state index contributed by atoms with van der Waals surface area (Å²) in [6, 6.07) is 5.66. The molecule has 3 rings (SSSR count). The van der Waals surface area contributed by atoms with E-state index < -0.39 is 76.0 Å². The summed E-state index contributed by atoms with van der Waals surface area (Å²) in [7, 11) is -9.55. The van der Waals surface area contributed by atoms with Crippen LogP contribution in [-0.4, -0.2) is 27.9 Å². The number of carbonyl (C=O) groups is 1. The average molecular weight is 504 g/mol. The van der Waals surface area contributed by atoms with E-state index in [1.807, 2.05) is 9.44 Å². The van der Waals surface area contributed by atoms with Crippen molar-refractivity contribution in [1.82, 2.24) is 0 Å². The lowest BCUT2D eigenvalue weighted by Gasteiger charge is -2.16. The first kappa shape index (κ1) is 24.0. The summed E-state index contributed by atoms with van der Waals surface area (Å²) in [5.41, 5.74) is -1.71. The van der Waals surface area contributed by atoms with Crippen LogP contribution in [0.1, 0.15) is 10.4 Å². The molecule has 174 valence electrons. The zero-order valence-corrected chi connectivity index (χ0v) is 17.6. The van der Waals surface area contributed by atoms with Gasteiger partial charge < -0.3 is 5.11 Å². The first-order valence-electron chi connectivity index (χ1n) is 8.63. The molecule has 0 atom stereocenters. The van der Waals surface area contributed by atoms with Gasteiger partial charge in [0.25, 0.3) is 20.0 Å². The molecular weight excluding hydrogens is 492 g/mol. The summed E-state index contributed by atoms with van der Waals surface area (Å²) >= 11 is 0. The second-order valence-corrected chi connectivity index (χ2v) is 9.73. The van der Waals surface area contributed by atoms with Gasteiger partial charge in [-0.15, -0.1) is 0 Å². The molecule has 0 saturated carbocycles. The molecule has 33 heavy (non-hydrogen) atoms. The lowest BCUT2D eigenvalue weighted by molar-refractivity contribution is 0.0697. The SMILES string of the molecule is O=C(O)c1ccc(NS(=O)(=O)c2ccc(F)cc2F)c(NS(=O)(=O)c2ccc(F)cc2F)c1. The minimum absolute atomic E-state index is 0.295. The van der Waals surface area contributed by atoms with Gasteiger partial charge in [-0.2, -0.15) is 0 Å². The zero-order valence-electron chi connectivity index (χ0n) is 16.0. The van der Waals surface area contributed by atoms with E-state index in [0.717, 1.165) is 18.2 Å². The highest BCUT2D eigenvalue weighted by Gasteiger charge is 2.25. The van der Waals surface area contributed by atoms with Crippen molar-refractivity contribution in [3.63, 3.8) is 0 Å². The molecule has 0 amide bonds. The molecule has 0 aliphatic carbocycles. The van der Waals surface area contributed by atoms with Crippen LogP contribution >= 0.6 is 0 Å². The van der Waals surface area contributed by atoms with Crippen LogP contribution in [-0.2, 0) is 20.0 Å². The van der Waals surface area contributed by atoms with Gasteiger partial charge in [-0.05, 0) is 42.5 Å². The number of aromatic carboxylic acids is 1. The van der Waals surface area contributed by atoms with E-state index in [4.69, 9.17) is 5.11 Å². The number of rotatable bonds is 7. The quantitative estimate of drug-likeness (QED) is 0.422. The fraction of sp³-hybridized carbons (Fsp3) is 0. The van der Waals surface area contributed by atoms with Crippen molar-refractivity contribution < 1.29 is 44.3 Å². The number of anilines is 2. The smallest absolute Gasteiger partial charge is 0.335 e. The highest BCUT2D eigenvalue weighted by Crippen LogP contribution is 2.30. The second-order valence-electron chi connectivity index (χ2n) is 6.43. The van der Waals surface area contributed by atoms with Gasteiger partial charge in [-0.1, -0.05) is 0 Å². The highest BCUT2D eigenvalue weighted by molar-refractivity contribution is 7.93. The van der Waals surface area contributed by atoms with Crippen LogP contribution in [0.2, 0.25) is 0 Å². The van der Waals surface area contributed by atoms with Gasteiger partial charge in [0.2, 0.25) is 0 Å². The van der Waals surface area contributed by atoms with E-state index >= 15 is 0 Å². The van der Waals surface area contributed by atoms with Gasteiger partial charge in [-0.25, -0.2) is 39.2 Å². The number of halogens is 4. The fourth-order valence-corrected chi connectivity index (χ4v) is 4.91. The van der Waals surface area contributed by atoms with Crippen LogP contribution in [0, 0.1) is 23.3 Å². The Labute approximate surface area is 184 Å². The number of carboxylic acids is 1. The van der Waals surface area contributed by atoms with Gasteiger partial charge in [-0.3, -0.25) is 9.44 Å². The number of sulfonamides is 2. The fourth-order valence-electron chi connectivity index (χ4n) is 2.64. The van der Waals surface area contributed by atoms with Crippen molar-refractivity contribution in [2.75, 3.05) is 9.44 Å². The third-order valence-electron chi connectivity index (χ3n) is 4.12. The Balaban J connectivity index is 2.08. The van der Waals surface area contributed by atoms with Gasteiger partial charge in [0.15, 0.2) is 0 Å². The van der Waals surface area contributed by atoms with Crippen molar-refractivity contribution in [2.45, 2.75) is 9.79 Å². The topological polar surface area (TPSA) is 130 Å². The predicted molar refractivity (Wildman–Crippen MR) is 108 cm³/mol. The van der Waals surface area contributed by atoms with E-state index in [1.54, 1.807) is 0 Å². The monoisotopic (exact) mass is 504 g/mol. The Hall–Kier alpha value is -3.65. The Kier molecular flexibility index (Phi) is 6.33. The molecule has 0 aromatic heterocycles. The molecule has 0 spiro atoms. The first-order chi connectivity index (χ1) is 15.3. The van der Waals surface area contributed by atoms with Crippen LogP contribution in [0.3, 0.4) is 0 Å². The molecule has 8 nitrogen and oxygen atoms in total. The Morgan fingerprint density at radius 2 is 1.12 bits per heavy atom. The van der Waals surface area contributed by atoms with E-state index in [9.17, 15) is 39.2 Å². The summed E-state index contributed by atoms with van der Waals surface area (Å²) in [6.45, 7) is 0. The molecular formula is C19H12F4N2O6S2. The number of nitrogens with one attached hydrogen (secondary N) is 2. The maximum atomic E-state index is 14.0. The lowest BCUT2D eigenvalue weighted by Crippen LogP contribution is -2.19. The Bertz CT molecular complexity index is 1480. The number of benzene rings is 3. The van der Waals surface area contributed by atoms with Crippen LogP contribution in [0.4, 0.5) is 28.9 Å². The number of hydrogen-bond acceptors (Lipinski definition) is 5. The van der Waals surface area contributed by atoms with E-state index in [1.165, 1.54) is 0 Å². The molecule has 0 heterocycles. The van der Waals surface area contributed by atoms with Crippen LogP contribution < -0.4 is 9.44 Å². The van der Waals surface area contributed by atoms with Gasteiger partial charge >= 0.3 is 5.97 Å². The van der Waals surface area contributed by atoms with Crippen molar-refractivity contribution in [3.8, 4) is 0 Å². The van der Waals surface area contributed by atoms with E-state index in [2.05, 4.69) is 0 Å². The molecule has 0 radical (unpaired) electrons. The molecule has 3 N–H and O–H groups in total. The Morgan fingerprint density at radius 3 is 1.55 bits per heavy atom. The minimum Gasteiger partial charge on any atom is -0.478 e. The van der Waals surface area contributed by atoms with Crippen LogP contribution in [0.5, 0.6) is 0 Å². The average Bonchev–Trinajstić information content (AvgIpc) is 2.68. The maximum Gasteiger partial charge on any atom is 0.335 e. The summed E-state index contributed by atoms with van der Waals surface area (Å²) in [5, 5.41) is 9.16. The van der Waals surface area contributed by atoms with E-state index in [-0.39, 0.29) is 0 Å². The van der Waals surface area contributed by atoms with E-state index in [0.29, 0.717) is 36.4 Å². The molecule has 0 fully saturated rings. The largest absolute Gasteiger partial charge is 0.478 e. The minimum atomic E-state index is -4.80. The molecule has 0 unspecified atom stereocenters. The van der Waals surface area contributed by atoms with Crippen molar-refractivity contribution in [3.05, 3.63) is 83.4 Å². The summed E-state index contributed by atoms with van der Waals surface area (Å²) in [5.74, 6) is -6.53. The van der Waals surface area contributed by atoms with Gasteiger partial charge in [0, 0.05) is 12.1 Å². The standard InChI is InChI=1S/C19H12F4N2O6S2/c20-11-2-5-17(13(22)8-11)32(28,29)24-15-4-1-10(19(26)27)7-16(15)25-33(30,31)18-6-3-12(21)9-14(18)23/h1-9,24-25H,(H,26,27). The normalized spacial score (nSPS) is 11.8. The molecule has 0 saturated heterocycles. The summed E-state index contributed by atoms with van der Waals surface area (Å²) in [4.78, 5) is 9.28. The molecule has 14 heteroatoms. The maximum absolute atomic E-state index is 14.0. The molecule has 0 aliphatic rings. The lowest BCUT2D eigenvalue weighted by atomic mass is 10.2. The first-order valence-corrected chi connectivity index (χ1v) is 11.6. The number of hydrogen-bond donors (Lipinski definition) is 3. The van der Waals surface area contributed by atoms with Crippen molar-refractivity contribution >= 4 is 37.4 Å². The van der Waals surface area contributed by atoms with Crippen molar-refractivity contribution in [1.29, 1.82) is 0 Å². The molecule has 0 bridgehead atoms. The third kappa shape index (κ3) is 5.23. The molecule has 3 aromatic carbocycles.